The van der Waals surface area contributed by atoms with E-state index in [9.17, 15) is 4.79 Å². The average Bonchev–Trinajstić information content (AvgIpc) is 3.19. The molecule has 7 heteroatoms. The summed E-state index contributed by atoms with van der Waals surface area (Å²) in [5.41, 5.74) is 2.94. The van der Waals surface area contributed by atoms with Gasteiger partial charge < -0.3 is 5.32 Å². The molecule has 3 aromatic rings. The van der Waals surface area contributed by atoms with Crippen LogP contribution in [0.2, 0.25) is 0 Å². The van der Waals surface area contributed by atoms with E-state index in [-0.39, 0.29) is 5.91 Å². The van der Waals surface area contributed by atoms with Crippen LogP contribution in [0.4, 0.5) is 5.69 Å². The van der Waals surface area contributed by atoms with Gasteiger partial charge in [-0.2, -0.15) is 5.10 Å². The van der Waals surface area contributed by atoms with Crippen LogP contribution in [-0.4, -0.2) is 20.7 Å². The molecule has 0 saturated carbocycles. The van der Waals surface area contributed by atoms with Gasteiger partial charge in [0.05, 0.1) is 4.88 Å². The Labute approximate surface area is 149 Å². The first-order valence-electron chi connectivity index (χ1n) is 7.56. The summed E-state index contributed by atoms with van der Waals surface area (Å²) in [5.74, 6) is 0.553. The first-order valence-corrected chi connectivity index (χ1v) is 8.85. The van der Waals surface area contributed by atoms with Gasteiger partial charge in [0.2, 0.25) is 5.91 Å². The van der Waals surface area contributed by atoms with E-state index >= 15 is 0 Å². The van der Waals surface area contributed by atoms with Crippen LogP contribution in [0, 0.1) is 18.6 Å². The highest BCUT2D eigenvalue weighted by molar-refractivity contribution is 7.71. The Balaban J connectivity index is 1.91. The quantitative estimate of drug-likeness (QED) is 0.676. The maximum absolute atomic E-state index is 12.7. The lowest BCUT2D eigenvalue weighted by molar-refractivity contribution is -0.118. The monoisotopic (exact) mass is 358 g/mol. The third-order valence-corrected chi connectivity index (χ3v) is 5.02. The minimum Gasteiger partial charge on any atom is -0.324 e. The molecule has 1 atom stereocenters. The number of aromatic nitrogens is 3. The van der Waals surface area contributed by atoms with E-state index in [4.69, 9.17) is 12.2 Å². The number of rotatable bonds is 4. The molecular weight excluding hydrogens is 340 g/mol. The molecule has 3 rings (SSSR count). The van der Waals surface area contributed by atoms with Gasteiger partial charge in [-0.05, 0) is 61.6 Å². The van der Waals surface area contributed by atoms with Crippen molar-refractivity contribution >= 4 is 35.1 Å². The molecule has 1 amide bonds. The van der Waals surface area contributed by atoms with Gasteiger partial charge in [-0.1, -0.05) is 18.2 Å². The first kappa shape index (κ1) is 16.6. The summed E-state index contributed by atoms with van der Waals surface area (Å²) in [5, 5.41) is 12.0. The summed E-state index contributed by atoms with van der Waals surface area (Å²) < 4.78 is 2.18. The van der Waals surface area contributed by atoms with Crippen molar-refractivity contribution in [1.82, 2.24) is 14.8 Å². The predicted molar refractivity (Wildman–Crippen MR) is 100.0 cm³/mol. The summed E-state index contributed by atoms with van der Waals surface area (Å²) in [6.45, 7) is 5.79. The average molecular weight is 358 g/mol. The third-order valence-electron chi connectivity index (χ3n) is 3.86. The van der Waals surface area contributed by atoms with E-state index in [0.717, 1.165) is 21.7 Å². The molecule has 2 N–H and O–H groups in total. The van der Waals surface area contributed by atoms with Crippen LogP contribution in [0.15, 0.2) is 35.7 Å². The fourth-order valence-corrected chi connectivity index (χ4v) is 3.47. The number of nitrogens with one attached hydrogen (secondary N) is 2. The molecular formula is C17H18N4OS2. The number of aromatic amines is 1. The number of hydrogen-bond acceptors (Lipinski definition) is 4. The Bertz CT molecular complexity index is 924. The van der Waals surface area contributed by atoms with Crippen molar-refractivity contribution in [3.05, 3.63) is 51.6 Å². The molecule has 0 saturated heterocycles. The van der Waals surface area contributed by atoms with E-state index in [1.807, 2.05) is 56.5 Å². The molecule has 0 bridgehead atoms. The SMILES string of the molecule is Cc1ccc(C)c(NC(=O)[C@H](C)n2c(-c3cccs3)n[nH]c2=S)c1. The highest BCUT2D eigenvalue weighted by Gasteiger charge is 2.21. The number of nitrogens with zero attached hydrogens (tertiary/aromatic N) is 2. The van der Waals surface area contributed by atoms with E-state index in [2.05, 4.69) is 15.5 Å². The third kappa shape index (κ3) is 3.18. The molecule has 1 aromatic carbocycles. The van der Waals surface area contributed by atoms with Crippen molar-refractivity contribution < 1.29 is 4.79 Å². The zero-order chi connectivity index (χ0) is 17.3. The highest BCUT2D eigenvalue weighted by atomic mass is 32.1. The van der Waals surface area contributed by atoms with Crippen molar-refractivity contribution in [2.45, 2.75) is 26.8 Å². The molecule has 2 aromatic heterocycles. The molecule has 5 nitrogen and oxygen atoms in total. The number of H-pyrrole nitrogens is 1. The molecule has 0 aliphatic carbocycles. The number of hydrogen-bond donors (Lipinski definition) is 2. The van der Waals surface area contributed by atoms with E-state index in [0.29, 0.717) is 10.6 Å². The van der Waals surface area contributed by atoms with Crippen LogP contribution in [0.3, 0.4) is 0 Å². The highest BCUT2D eigenvalue weighted by Crippen LogP contribution is 2.26. The van der Waals surface area contributed by atoms with Crippen LogP contribution in [0.1, 0.15) is 24.1 Å². The Kier molecular flexibility index (Phi) is 4.64. The topological polar surface area (TPSA) is 62.7 Å². The van der Waals surface area contributed by atoms with Crippen molar-refractivity contribution in [3.8, 4) is 10.7 Å². The van der Waals surface area contributed by atoms with Crippen LogP contribution in [0.5, 0.6) is 0 Å². The van der Waals surface area contributed by atoms with Crippen molar-refractivity contribution in [2.24, 2.45) is 0 Å². The zero-order valence-electron chi connectivity index (χ0n) is 13.7. The van der Waals surface area contributed by atoms with Crippen LogP contribution < -0.4 is 5.32 Å². The van der Waals surface area contributed by atoms with E-state index in [1.165, 1.54) is 0 Å². The second-order valence-electron chi connectivity index (χ2n) is 5.68. The van der Waals surface area contributed by atoms with Gasteiger partial charge in [-0.3, -0.25) is 14.5 Å². The van der Waals surface area contributed by atoms with Gasteiger partial charge in [0.15, 0.2) is 10.6 Å². The van der Waals surface area contributed by atoms with Gasteiger partial charge in [-0.15, -0.1) is 11.3 Å². The molecule has 124 valence electrons. The first-order chi connectivity index (χ1) is 11.5. The fourth-order valence-electron chi connectivity index (χ4n) is 2.47. The molecule has 0 spiro atoms. The predicted octanol–water partition coefficient (Wildman–Crippen LogP) is 4.49. The van der Waals surface area contributed by atoms with E-state index in [1.54, 1.807) is 15.9 Å². The second-order valence-corrected chi connectivity index (χ2v) is 7.02. The lowest BCUT2D eigenvalue weighted by Gasteiger charge is -2.16. The summed E-state index contributed by atoms with van der Waals surface area (Å²) >= 11 is 6.88. The van der Waals surface area contributed by atoms with Gasteiger partial charge in [0.25, 0.3) is 0 Å². The Morgan fingerprint density at radius 1 is 1.38 bits per heavy atom. The summed E-state index contributed by atoms with van der Waals surface area (Å²) in [7, 11) is 0. The van der Waals surface area contributed by atoms with Crippen LogP contribution >= 0.6 is 23.6 Å². The number of aryl methyl sites for hydroxylation is 2. The Morgan fingerprint density at radius 3 is 2.88 bits per heavy atom. The molecule has 0 aliphatic rings. The van der Waals surface area contributed by atoms with Gasteiger partial charge >= 0.3 is 0 Å². The minimum atomic E-state index is -0.478. The minimum absolute atomic E-state index is 0.126. The maximum Gasteiger partial charge on any atom is 0.247 e. The molecule has 0 unspecified atom stereocenters. The molecule has 24 heavy (non-hydrogen) atoms. The molecule has 2 heterocycles. The number of carbonyl (C=O) groups is 1. The lowest BCUT2D eigenvalue weighted by atomic mass is 10.1. The molecule has 0 aliphatic heterocycles. The van der Waals surface area contributed by atoms with Crippen molar-refractivity contribution in [3.63, 3.8) is 0 Å². The maximum atomic E-state index is 12.7. The van der Waals surface area contributed by atoms with Crippen molar-refractivity contribution in [2.75, 3.05) is 5.32 Å². The number of benzene rings is 1. The Morgan fingerprint density at radius 2 is 2.17 bits per heavy atom. The number of amides is 1. The van der Waals surface area contributed by atoms with Crippen LogP contribution in [-0.2, 0) is 4.79 Å². The fraction of sp³-hybridized carbons (Fsp3) is 0.235. The summed E-state index contributed by atoms with van der Waals surface area (Å²) in [6.07, 6.45) is 0. The van der Waals surface area contributed by atoms with Gasteiger partial charge in [0.1, 0.15) is 6.04 Å². The zero-order valence-corrected chi connectivity index (χ0v) is 15.3. The van der Waals surface area contributed by atoms with Crippen LogP contribution in [0.25, 0.3) is 10.7 Å². The van der Waals surface area contributed by atoms with Gasteiger partial charge in [-0.25, -0.2) is 0 Å². The van der Waals surface area contributed by atoms with Crippen molar-refractivity contribution in [1.29, 1.82) is 0 Å². The number of thiophene rings is 1. The normalized spacial score (nSPS) is 12.1. The largest absolute Gasteiger partial charge is 0.324 e. The molecule has 0 fully saturated rings. The Hall–Kier alpha value is -2.25. The lowest BCUT2D eigenvalue weighted by Crippen LogP contribution is -2.24. The van der Waals surface area contributed by atoms with E-state index < -0.39 is 6.04 Å². The summed E-state index contributed by atoms with van der Waals surface area (Å²) in [6, 6.07) is 9.42. The standard InChI is InChI=1S/C17H18N4OS2/c1-10-6-7-11(2)13(9-10)18-16(22)12(3)21-15(19-20-17(21)23)14-5-4-8-24-14/h4-9,12H,1-3H3,(H,18,22)(H,20,23)/t12-/m0/s1. The number of carbonyl (C=O) groups excluding carboxylic acids is 1. The molecule has 0 radical (unpaired) electrons. The number of anilines is 1. The van der Waals surface area contributed by atoms with Gasteiger partial charge in [0, 0.05) is 5.69 Å². The summed E-state index contributed by atoms with van der Waals surface area (Å²) in [4.78, 5) is 13.7. The second kappa shape index (κ2) is 6.70. The smallest absolute Gasteiger partial charge is 0.247 e.